The number of carbonyl (C=O) groups is 1. The molecule has 3 rings (SSSR count). The summed E-state index contributed by atoms with van der Waals surface area (Å²) in [5, 5.41) is 13.0. The Bertz CT molecular complexity index is 581. The molecular formula is C21H33ClN2O3. The van der Waals surface area contributed by atoms with Crippen molar-refractivity contribution in [2.45, 2.75) is 82.5 Å². The molecule has 0 aliphatic heterocycles. The van der Waals surface area contributed by atoms with E-state index in [4.69, 9.17) is 10.5 Å². The predicted molar refractivity (Wildman–Crippen MR) is 110 cm³/mol. The summed E-state index contributed by atoms with van der Waals surface area (Å²) >= 11 is 0. The highest BCUT2D eigenvalue weighted by Crippen LogP contribution is 2.26. The quantitative estimate of drug-likeness (QED) is 0.717. The second-order valence-electron chi connectivity index (χ2n) is 7.78. The van der Waals surface area contributed by atoms with Crippen LogP contribution in [0.3, 0.4) is 0 Å². The largest absolute Gasteiger partial charge is 0.488 e. The average Bonchev–Trinajstić information content (AvgIpc) is 2.62. The summed E-state index contributed by atoms with van der Waals surface area (Å²) in [6, 6.07) is 7.38. The van der Waals surface area contributed by atoms with Gasteiger partial charge in [-0.15, -0.1) is 12.4 Å². The number of hydrogen-bond donors (Lipinski definition) is 3. The minimum atomic E-state index is -0.385. The van der Waals surface area contributed by atoms with Gasteiger partial charge >= 0.3 is 0 Å². The van der Waals surface area contributed by atoms with E-state index in [-0.39, 0.29) is 42.5 Å². The van der Waals surface area contributed by atoms with Crippen molar-refractivity contribution in [3.05, 3.63) is 24.3 Å². The smallest absolute Gasteiger partial charge is 0.229 e. The van der Waals surface area contributed by atoms with Gasteiger partial charge in [0.1, 0.15) is 11.9 Å². The predicted octanol–water partition coefficient (Wildman–Crippen LogP) is 4.03. The molecule has 0 aromatic heterocycles. The lowest BCUT2D eigenvalue weighted by Gasteiger charge is -2.28. The fourth-order valence-electron chi connectivity index (χ4n) is 4.08. The molecule has 4 unspecified atom stereocenters. The third-order valence-electron chi connectivity index (χ3n) is 5.73. The van der Waals surface area contributed by atoms with E-state index in [2.05, 4.69) is 5.32 Å². The van der Waals surface area contributed by atoms with Crippen molar-refractivity contribution < 1.29 is 14.6 Å². The van der Waals surface area contributed by atoms with E-state index in [0.29, 0.717) is 0 Å². The molecule has 0 radical (unpaired) electrons. The number of carbonyl (C=O) groups excluding carboxylic acids is 1. The van der Waals surface area contributed by atoms with Gasteiger partial charge in [-0.3, -0.25) is 4.79 Å². The van der Waals surface area contributed by atoms with Crippen molar-refractivity contribution in [1.82, 2.24) is 0 Å². The van der Waals surface area contributed by atoms with Gasteiger partial charge in [0.15, 0.2) is 0 Å². The third-order valence-corrected chi connectivity index (χ3v) is 5.73. The summed E-state index contributed by atoms with van der Waals surface area (Å²) in [5.41, 5.74) is 7.00. The van der Waals surface area contributed by atoms with E-state index in [1.807, 2.05) is 24.3 Å². The van der Waals surface area contributed by atoms with E-state index in [1.165, 1.54) is 12.8 Å². The number of aliphatic hydroxyl groups excluding tert-OH is 1. The number of halogens is 1. The maximum Gasteiger partial charge on any atom is 0.229 e. The van der Waals surface area contributed by atoms with Crippen LogP contribution in [-0.4, -0.2) is 29.3 Å². The molecule has 2 fully saturated rings. The van der Waals surface area contributed by atoms with Gasteiger partial charge in [-0.2, -0.15) is 0 Å². The number of ether oxygens (including phenoxy) is 1. The van der Waals surface area contributed by atoms with Crippen LogP contribution in [0.5, 0.6) is 5.75 Å². The Kier molecular flexibility index (Phi) is 8.87. The summed E-state index contributed by atoms with van der Waals surface area (Å²) in [6.45, 7) is 0. The molecule has 2 saturated carbocycles. The topological polar surface area (TPSA) is 84.6 Å². The van der Waals surface area contributed by atoms with Gasteiger partial charge in [0.2, 0.25) is 5.91 Å². The normalized spacial score (nSPS) is 29.0. The van der Waals surface area contributed by atoms with Gasteiger partial charge in [0.25, 0.3) is 0 Å². The first-order chi connectivity index (χ1) is 12.6. The maximum absolute atomic E-state index is 12.6. The first kappa shape index (κ1) is 22.0. The summed E-state index contributed by atoms with van der Waals surface area (Å²) in [6.07, 6.45) is 9.73. The molecule has 0 heterocycles. The SMILES string of the molecule is Cl.NC1CCCCCCC1C(=O)Nc1ccc(OC2CCCCC2O)cc1. The first-order valence-corrected chi connectivity index (χ1v) is 10.1. The lowest BCUT2D eigenvalue weighted by molar-refractivity contribution is -0.120. The number of amides is 1. The van der Waals surface area contributed by atoms with Crippen molar-refractivity contribution in [1.29, 1.82) is 0 Å². The Hall–Kier alpha value is -1.30. The Morgan fingerprint density at radius 3 is 2.30 bits per heavy atom. The molecule has 1 aromatic carbocycles. The highest BCUT2D eigenvalue weighted by atomic mass is 35.5. The van der Waals surface area contributed by atoms with Crippen molar-refractivity contribution in [2.24, 2.45) is 11.7 Å². The van der Waals surface area contributed by atoms with Crippen LogP contribution in [0.2, 0.25) is 0 Å². The molecule has 0 saturated heterocycles. The maximum atomic E-state index is 12.6. The lowest BCUT2D eigenvalue weighted by atomic mass is 9.86. The van der Waals surface area contributed by atoms with Crippen LogP contribution in [0.25, 0.3) is 0 Å². The molecule has 0 spiro atoms. The third kappa shape index (κ3) is 6.37. The fourth-order valence-corrected chi connectivity index (χ4v) is 4.08. The Labute approximate surface area is 168 Å². The average molecular weight is 397 g/mol. The standard InChI is InChI=1S/C21H32N2O3.ClH/c22-18-8-4-2-1-3-7-17(18)21(25)23-15-11-13-16(14-12-15)26-20-10-6-5-9-19(20)24;/h11-14,17-20,24H,1-10,22H2,(H,23,25);1H. The van der Waals surface area contributed by atoms with Gasteiger partial charge in [0.05, 0.1) is 12.0 Å². The second kappa shape index (κ2) is 10.9. The van der Waals surface area contributed by atoms with Gasteiger partial charge in [0, 0.05) is 11.7 Å². The van der Waals surface area contributed by atoms with Gasteiger partial charge in [-0.25, -0.2) is 0 Å². The number of nitrogens with two attached hydrogens (primary N) is 1. The summed E-state index contributed by atoms with van der Waals surface area (Å²) in [5.74, 6) is 0.649. The molecule has 0 bridgehead atoms. The van der Waals surface area contributed by atoms with Crippen LogP contribution in [0.15, 0.2) is 24.3 Å². The zero-order chi connectivity index (χ0) is 18.4. The molecular weight excluding hydrogens is 364 g/mol. The fraction of sp³-hybridized carbons (Fsp3) is 0.667. The van der Waals surface area contributed by atoms with Crippen molar-refractivity contribution in [2.75, 3.05) is 5.32 Å². The minimum absolute atomic E-state index is 0. The van der Waals surface area contributed by atoms with Crippen LogP contribution < -0.4 is 15.8 Å². The molecule has 5 nitrogen and oxygen atoms in total. The first-order valence-electron chi connectivity index (χ1n) is 10.1. The van der Waals surface area contributed by atoms with E-state index < -0.39 is 0 Å². The molecule has 1 amide bonds. The lowest BCUT2D eigenvalue weighted by Crippen LogP contribution is -2.39. The van der Waals surface area contributed by atoms with Crippen molar-refractivity contribution >= 4 is 24.0 Å². The van der Waals surface area contributed by atoms with Gasteiger partial charge in [-0.05, 0) is 56.4 Å². The molecule has 6 heteroatoms. The Morgan fingerprint density at radius 2 is 1.59 bits per heavy atom. The van der Waals surface area contributed by atoms with Crippen LogP contribution in [0.4, 0.5) is 5.69 Å². The zero-order valence-electron chi connectivity index (χ0n) is 15.9. The monoisotopic (exact) mass is 396 g/mol. The molecule has 4 atom stereocenters. The van der Waals surface area contributed by atoms with Gasteiger partial charge < -0.3 is 20.9 Å². The zero-order valence-corrected chi connectivity index (χ0v) is 16.8. The number of rotatable bonds is 4. The molecule has 1 aromatic rings. The number of hydrogen-bond acceptors (Lipinski definition) is 4. The van der Waals surface area contributed by atoms with Gasteiger partial charge in [-0.1, -0.05) is 32.1 Å². The van der Waals surface area contributed by atoms with Crippen LogP contribution in [-0.2, 0) is 4.79 Å². The summed E-state index contributed by atoms with van der Waals surface area (Å²) in [7, 11) is 0. The van der Waals surface area contributed by atoms with Crippen LogP contribution in [0.1, 0.15) is 64.2 Å². The van der Waals surface area contributed by atoms with Crippen LogP contribution in [0, 0.1) is 5.92 Å². The van der Waals surface area contributed by atoms with E-state index in [9.17, 15) is 9.90 Å². The van der Waals surface area contributed by atoms with E-state index in [0.717, 1.165) is 62.8 Å². The van der Waals surface area contributed by atoms with E-state index >= 15 is 0 Å². The number of nitrogens with one attached hydrogen (secondary N) is 1. The number of benzene rings is 1. The molecule has 27 heavy (non-hydrogen) atoms. The highest BCUT2D eigenvalue weighted by molar-refractivity contribution is 5.93. The number of aliphatic hydroxyl groups is 1. The van der Waals surface area contributed by atoms with E-state index in [1.54, 1.807) is 0 Å². The summed E-state index contributed by atoms with van der Waals surface area (Å²) in [4.78, 5) is 12.6. The van der Waals surface area contributed by atoms with Crippen LogP contribution >= 0.6 is 12.4 Å². The highest BCUT2D eigenvalue weighted by Gasteiger charge is 2.27. The number of anilines is 1. The molecule has 2 aliphatic carbocycles. The summed E-state index contributed by atoms with van der Waals surface area (Å²) < 4.78 is 5.91. The molecule has 4 N–H and O–H groups in total. The van der Waals surface area contributed by atoms with Crippen molar-refractivity contribution in [3.8, 4) is 5.75 Å². The van der Waals surface area contributed by atoms with Crippen molar-refractivity contribution in [3.63, 3.8) is 0 Å². The second-order valence-corrected chi connectivity index (χ2v) is 7.78. The Morgan fingerprint density at radius 1 is 0.963 bits per heavy atom. The molecule has 152 valence electrons. The minimum Gasteiger partial charge on any atom is -0.488 e. The molecule has 2 aliphatic rings. The Balaban J connectivity index is 0.00000261.